The number of hydrogen-bond acceptors (Lipinski definition) is 4. The van der Waals surface area contributed by atoms with Gasteiger partial charge in [0, 0.05) is 12.1 Å². The third-order valence-corrected chi connectivity index (χ3v) is 5.83. The zero-order chi connectivity index (χ0) is 22.8. The Balaban J connectivity index is 1.84. The number of Topliss-reactive ketones (excluding diaryl/α,β-unsaturated/α-hetero) is 1. The van der Waals surface area contributed by atoms with E-state index in [0.29, 0.717) is 12.2 Å². The summed E-state index contributed by atoms with van der Waals surface area (Å²) in [7, 11) is 0. The number of ketones is 1. The van der Waals surface area contributed by atoms with E-state index in [1.807, 2.05) is 81.4 Å². The molecule has 3 aromatic rings. The van der Waals surface area contributed by atoms with Crippen molar-refractivity contribution >= 4 is 28.2 Å². The molecule has 1 aliphatic rings. The smallest absolute Gasteiger partial charge is 0.295 e. The van der Waals surface area contributed by atoms with Crippen LogP contribution in [0, 0.1) is 6.92 Å². The van der Waals surface area contributed by atoms with Gasteiger partial charge in [-0.15, -0.1) is 0 Å². The van der Waals surface area contributed by atoms with Gasteiger partial charge in [0.25, 0.3) is 11.7 Å². The summed E-state index contributed by atoms with van der Waals surface area (Å²) in [5, 5.41) is 13.3. The Bertz CT molecular complexity index is 1210. The minimum Gasteiger partial charge on any atom is -0.507 e. The van der Waals surface area contributed by atoms with Gasteiger partial charge < -0.3 is 14.7 Å². The molecule has 1 aliphatic heterocycles. The molecule has 1 fully saturated rings. The van der Waals surface area contributed by atoms with E-state index >= 15 is 0 Å². The SMILES string of the molecule is Cc1ccccc1C1/C(=C(\O)c2ccc3ccccc3c2)C(=O)C(=O)N1CCOC(C)C. The van der Waals surface area contributed by atoms with Crippen molar-refractivity contribution in [3.63, 3.8) is 0 Å². The monoisotopic (exact) mass is 429 g/mol. The number of aliphatic hydroxyl groups excluding tert-OH is 1. The van der Waals surface area contributed by atoms with Crippen molar-refractivity contribution in [2.75, 3.05) is 13.2 Å². The first-order valence-corrected chi connectivity index (χ1v) is 10.8. The summed E-state index contributed by atoms with van der Waals surface area (Å²) in [6, 6.07) is 20.3. The molecule has 1 atom stereocenters. The quantitative estimate of drug-likeness (QED) is 0.340. The highest BCUT2D eigenvalue weighted by molar-refractivity contribution is 6.46. The van der Waals surface area contributed by atoms with E-state index in [1.54, 1.807) is 6.07 Å². The first kappa shape index (κ1) is 21.8. The van der Waals surface area contributed by atoms with Crippen LogP contribution in [-0.4, -0.2) is 41.0 Å². The first-order valence-electron chi connectivity index (χ1n) is 10.8. The average molecular weight is 430 g/mol. The van der Waals surface area contributed by atoms with Gasteiger partial charge in [0.15, 0.2) is 0 Å². The van der Waals surface area contributed by atoms with Crippen LogP contribution < -0.4 is 0 Å². The standard InChI is InChI=1S/C27H27NO4/c1-17(2)32-15-14-28-24(22-11-7-4-8-18(22)3)23(26(30)27(28)31)25(29)21-13-12-19-9-5-6-10-20(19)16-21/h4-13,16-17,24,29H,14-15H2,1-3H3/b25-23+. The molecule has 164 valence electrons. The molecule has 0 aliphatic carbocycles. The van der Waals surface area contributed by atoms with Gasteiger partial charge in [-0.05, 0) is 48.7 Å². The summed E-state index contributed by atoms with van der Waals surface area (Å²) in [6.07, 6.45) is 0.0151. The lowest BCUT2D eigenvalue weighted by atomic mass is 9.92. The maximum absolute atomic E-state index is 13.1. The number of carbonyl (C=O) groups excluding carboxylic acids is 2. The highest BCUT2D eigenvalue weighted by atomic mass is 16.5. The Kier molecular flexibility index (Phi) is 6.10. The number of aliphatic hydroxyl groups is 1. The predicted octanol–water partition coefficient (Wildman–Crippen LogP) is 4.99. The van der Waals surface area contributed by atoms with Crippen molar-refractivity contribution < 1.29 is 19.4 Å². The number of fused-ring (bicyclic) bond motifs is 1. The third-order valence-electron chi connectivity index (χ3n) is 5.83. The van der Waals surface area contributed by atoms with Crippen molar-refractivity contribution in [3.05, 3.63) is 89.0 Å². The molecule has 1 N–H and O–H groups in total. The summed E-state index contributed by atoms with van der Waals surface area (Å²) in [5.41, 5.74) is 2.39. The van der Waals surface area contributed by atoms with Crippen molar-refractivity contribution in [3.8, 4) is 0 Å². The van der Waals surface area contributed by atoms with Crippen LogP contribution in [0.5, 0.6) is 0 Å². The topological polar surface area (TPSA) is 66.8 Å². The van der Waals surface area contributed by atoms with Crippen molar-refractivity contribution in [1.82, 2.24) is 4.90 Å². The lowest BCUT2D eigenvalue weighted by molar-refractivity contribution is -0.140. The molecule has 0 spiro atoms. The van der Waals surface area contributed by atoms with Crippen molar-refractivity contribution in [2.24, 2.45) is 0 Å². The summed E-state index contributed by atoms with van der Waals surface area (Å²) in [4.78, 5) is 27.7. The molecule has 0 bridgehead atoms. The minimum atomic E-state index is -0.673. The third kappa shape index (κ3) is 4.04. The molecule has 32 heavy (non-hydrogen) atoms. The molecule has 0 radical (unpaired) electrons. The number of rotatable bonds is 6. The predicted molar refractivity (Wildman–Crippen MR) is 125 cm³/mol. The largest absolute Gasteiger partial charge is 0.507 e. The van der Waals surface area contributed by atoms with Crippen molar-refractivity contribution in [1.29, 1.82) is 0 Å². The van der Waals surface area contributed by atoms with E-state index in [4.69, 9.17) is 4.74 Å². The number of ether oxygens (including phenoxy) is 1. The number of benzene rings is 3. The first-order chi connectivity index (χ1) is 15.4. The molecule has 0 saturated carbocycles. The summed E-state index contributed by atoms with van der Waals surface area (Å²) in [5.74, 6) is -1.45. The second-order valence-electron chi connectivity index (χ2n) is 8.33. The van der Waals surface area contributed by atoms with E-state index < -0.39 is 17.7 Å². The molecule has 1 amide bonds. The van der Waals surface area contributed by atoms with Crippen LogP contribution in [0.1, 0.15) is 36.6 Å². The molecule has 1 saturated heterocycles. The second kappa shape index (κ2) is 8.97. The molecule has 1 heterocycles. The van der Waals surface area contributed by atoms with E-state index in [0.717, 1.165) is 21.9 Å². The second-order valence-corrected chi connectivity index (χ2v) is 8.33. The highest BCUT2D eigenvalue weighted by Crippen LogP contribution is 2.40. The van der Waals surface area contributed by atoms with Crippen LogP contribution in [0.3, 0.4) is 0 Å². The van der Waals surface area contributed by atoms with Gasteiger partial charge in [0.1, 0.15) is 5.76 Å². The summed E-state index contributed by atoms with van der Waals surface area (Å²) >= 11 is 0. The van der Waals surface area contributed by atoms with Crippen LogP contribution in [0.4, 0.5) is 0 Å². The van der Waals surface area contributed by atoms with Gasteiger partial charge in [-0.1, -0.05) is 60.7 Å². The summed E-state index contributed by atoms with van der Waals surface area (Å²) in [6.45, 7) is 6.36. The fourth-order valence-corrected chi connectivity index (χ4v) is 4.21. The average Bonchev–Trinajstić information content (AvgIpc) is 3.03. The van der Waals surface area contributed by atoms with E-state index in [2.05, 4.69) is 0 Å². The maximum atomic E-state index is 13.1. The number of hydrogen-bond donors (Lipinski definition) is 1. The van der Waals surface area contributed by atoms with Crippen LogP contribution in [0.25, 0.3) is 16.5 Å². The fourth-order valence-electron chi connectivity index (χ4n) is 4.21. The van der Waals surface area contributed by atoms with Gasteiger partial charge in [-0.3, -0.25) is 9.59 Å². The molecular weight excluding hydrogens is 402 g/mol. The number of nitrogens with zero attached hydrogens (tertiary/aromatic N) is 1. The molecular formula is C27H27NO4. The van der Waals surface area contributed by atoms with E-state index in [-0.39, 0.29) is 24.0 Å². The van der Waals surface area contributed by atoms with Gasteiger partial charge in [0.05, 0.1) is 24.3 Å². The van der Waals surface area contributed by atoms with Gasteiger partial charge in [0.2, 0.25) is 0 Å². The Morgan fingerprint density at radius 2 is 1.69 bits per heavy atom. The number of likely N-dealkylation sites (tertiary alicyclic amines) is 1. The minimum absolute atomic E-state index is 0.0151. The molecule has 5 heteroatoms. The normalized spacial score (nSPS) is 18.1. The van der Waals surface area contributed by atoms with E-state index in [9.17, 15) is 14.7 Å². The van der Waals surface area contributed by atoms with Crippen molar-refractivity contribution in [2.45, 2.75) is 32.9 Å². The highest BCUT2D eigenvalue weighted by Gasteiger charge is 2.46. The lowest BCUT2D eigenvalue weighted by Crippen LogP contribution is -2.33. The Morgan fingerprint density at radius 3 is 2.41 bits per heavy atom. The van der Waals surface area contributed by atoms with Gasteiger partial charge in [-0.2, -0.15) is 0 Å². The lowest BCUT2D eigenvalue weighted by Gasteiger charge is -2.26. The molecule has 0 aromatic heterocycles. The molecule has 4 rings (SSSR count). The Morgan fingerprint density at radius 1 is 1.00 bits per heavy atom. The Labute approximate surface area is 187 Å². The van der Waals surface area contributed by atoms with Gasteiger partial charge in [-0.25, -0.2) is 0 Å². The fraction of sp³-hybridized carbons (Fsp3) is 0.259. The van der Waals surface area contributed by atoms with Crippen LogP contribution >= 0.6 is 0 Å². The maximum Gasteiger partial charge on any atom is 0.295 e. The zero-order valence-electron chi connectivity index (χ0n) is 18.5. The Hall–Kier alpha value is -3.44. The number of amides is 1. The molecule has 3 aromatic carbocycles. The van der Waals surface area contributed by atoms with Crippen LogP contribution in [0.2, 0.25) is 0 Å². The van der Waals surface area contributed by atoms with Gasteiger partial charge >= 0.3 is 0 Å². The molecule has 5 nitrogen and oxygen atoms in total. The van der Waals surface area contributed by atoms with Crippen LogP contribution in [-0.2, 0) is 14.3 Å². The number of aryl methyl sites for hydroxylation is 1. The summed E-state index contributed by atoms with van der Waals surface area (Å²) < 4.78 is 5.65. The number of carbonyl (C=O) groups is 2. The zero-order valence-corrected chi connectivity index (χ0v) is 18.5. The van der Waals surface area contributed by atoms with Crippen LogP contribution in [0.15, 0.2) is 72.3 Å². The molecule has 1 unspecified atom stereocenters. The van der Waals surface area contributed by atoms with E-state index in [1.165, 1.54) is 4.90 Å².